The highest BCUT2D eigenvalue weighted by Gasteiger charge is 2.09. The van der Waals surface area contributed by atoms with Gasteiger partial charge in [-0.25, -0.2) is 9.78 Å². The monoisotopic (exact) mass is 266 g/mol. The molecule has 17 heavy (non-hydrogen) atoms. The summed E-state index contributed by atoms with van der Waals surface area (Å²) in [4.78, 5) is 16.0. The zero-order valence-electron chi connectivity index (χ0n) is 9.01. The molecule has 0 aliphatic heterocycles. The Hall–Kier alpha value is -1.53. The van der Waals surface area contributed by atoms with Gasteiger partial charge in [-0.05, 0) is 25.1 Å². The van der Waals surface area contributed by atoms with Crippen molar-refractivity contribution in [2.45, 2.75) is 16.2 Å². The number of carboxylic acid groups (broad SMARTS) is 1. The summed E-state index contributed by atoms with van der Waals surface area (Å²) in [6.07, 6.45) is 0. The van der Waals surface area contributed by atoms with Crippen molar-refractivity contribution >= 4 is 34.8 Å². The zero-order valence-corrected chi connectivity index (χ0v) is 10.6. The highest BCUT2D eigenvalue weighted by atomic mass is 32.2. The summed E-state index contributed by atoms with van der Waals surface area (Å²) >= 11 is 3.03. The number of benzene rings is 1. The number of hydrogen-bond acceptors (Lipinski definition) is 5. The number of aryl methyl sites for hydroxylation is 1. The van der Waals surface area contributed by atoms with Crippen LogP contribution < -0.4 is 5.73 Å². The number of carboxylic acids is 1. The fourth-order valence-electron chi connectivity index (χ4n) is 1.28. The second kappa shape index (κ2) is 4.77. The van der Waals surface area contributed by atoms with E-state index in [1.165, 1.54) is 17.8 Å². The molecule has 0 saturated heterocycles. The van der Waals surface area contributed by atoms with Gasteiger partial charge in [-0.2, -0.15) is 0 Å². The number of carbonyl (C=O) groups is 1. The van der Waals surface area contributed by atoms with E-state index in [0.29, 0.717) is 0 Å². The van der Waals surface area contributed by atoms with Gasteiger partial charge in [-0.3, -0.25) is 0 Å². The number of aromatic nitrogens is 1. The first-order valence-electron chi connectivity index (χ1n) is 4.79. The van der Waals surface area contributed by atoms with Crippen molar-refractivity contribution in [3.05, 3.63) is 34.8 Å². The molecule has 0 fully saturated rings. The van der Waals surface area contributed by atoms with Crippen molar-refractivity contribution in [1.82, 2.24) is 4.98 Å². The first-order valence-corrected chi connectivity index (χ1v) is 6.48. The Balaban J connectivity index is 2.23. The molecule has 2 rings (SSSR count). The van der Waals surface area contributed by atoms with Crippen molar-refractivity contribution < 1.29 is 9.90 Å². The van der Waals surface area contributed by atoms with Gasteiger partial charge >= 0.3 is 5.97 Å². The molecular weight excluding hydrogens is 256 g/mol. The Kier molecular flexibility index (Phi) is 3.35. The van der Waals surface area contributed by atoms with Crippen LogP contribution in [0.1, 0.15) is 16.1 Å². The summed E-state index contributed by atoms with van der Waals surface area (Å²) in [6.45, 7) is 1.93. The van der Waals surface area contributed by atoms with E-state index in [2.05, 4.69) is 4.98 Å². The number of hydrogen-bond donors (Lipinski definition) is 2. The predicted octanol–water partition coefficient (Wildman–Crippen LogP) is 2.88. The van der Waals surface area contributed by atoms with Crippen LogP contribution in [0.25, 0.3) is 0 Å². The average molecular weight is 266 g/mol. The minimum absolute atomic E-state index is 0.129. The molecule has 1 heterocycles. The Morgan fingerprint density at radius 3 is 2.82 bits per heavy atom. The van der Waals surface area contributed by atoms with E-state index in [0.717, 1.165) is 14.9 Å². The van der Waals surface area contributed by atoms with Gasteiger partial charge in [0, 0.05) is 21.7 Å². The van der Waals surface area contributed by atoms with Gasteiger partial charge in [0.1, 0.15) is 0 Å². The normalized spacial score (nSPS) is 10.4. The van der Waals surface area contributed by atoms with Crippen molar-refractivity contribution in [3.8, 4) is 0 Å². The quantitative estimate of drug-likeness (QED) is 0.835. The molecule has 3 N–H and O–H groups in total. The fourth-order valence-corrected chi connectivity index (χ4v) is 3.14. The standard InChI is InChI=1S/C11H10N2O2S2/c1-6-5-16-11(13-6)17-7-2-3-8(10(14)15)9(12)4-7/h2-5H,12H2,1H3,(H,14,15). The van der Waals surface area contributed by atoms with E-state index in [9.17, 15) is 4.79 Å². The Morgan fingerprint density at radius 2 is 2.29 bits per heavy atom. The highest BCUT2D eigenvalue weighted by molar-refractivity contribution is 8.01. The molecule has 0 saturated carbocycles. The van der Waals surface area contributed by atoms with Gasteiger partial charge in [-0.1, -0.05) is 11.8 Å². The average Bonchev–Trinajstić information content (AvgIpc) is 2.63. The summed E-state index contributed by atoms with van der Waals surface area (Å²) in [5, 5.41) is 10.8. The summed E-state index contributed by atoms with van der Waals surface area (Å²) in [5.74, 6) is -1.01. The molecule has 1 aromatic carbocycles. The SMILES string of the molecule is Cc1csc(Sc2ccc(C(=O)O)c(N)c2)n1. The first kappa shape index (κ1) is 11.9. The van der Waals surface area contributed by atoms with Gasteiger partial charge in [0.2, 0.25) is 0 Å². The predicted molar refractivity (Wildman–Crippen MR) is 68.8 cm³/mol. The fraction of sp³-hybridized carbons (Fsp3) is 0.0909. The molecule has 4 nitrogen and oxygen atoms in total. The Labute approximate surface area is 106 Å². The van der Waals surface area contributed by atoms with Gasteiger partial charge in [0.25, 0.3) is 0 Å². The van der Waals surface area contributed by atoms with Gasteiger partial charge in [-0.15, -0.1) is 11.3 Å². The van der Waals surface area contributed by atoms with Crippen molar-refractivity contribution in [1.29, 1.82) is 0 Å². The highest BCUT2D eigenvalue weighted by Crippen LogP contribution is 2.32. The molecule has 0 aliphatic carbocycles. The first-order chi connectivity index (χ1) is 8.06. The summed E-state index contributed by atoms with van der Waals surface area (Å²) in [6, 6.07) is 4.91. The van der Waals surface area contributed by atoms with E-state index in [-0.39, 0.29) is 11.3 Å². The molecule has 0 aliphatic rings. The largest absolute Gasteiger partial charge is 0.478 e. The van der Waals surface area contributed by atoms with Crippen molar-refractivity contribution in [3.63, 3.8) is 0 Å². The molecule has 0 spiro atoms. The van der Waals surface area contributed by atoms with Crippen molar-refractivity contribution in [2.75, 3.05) is 5.73 Å². The number of nitrogen functional groups attached to an aromatic ring is 1. The van der Waals surface area contributed by atoms with Crippen LogP contribution in [0.15, 0.2) is 32.8 Å². The van der Waals surface area contributed by atoms with Crippen LogP contribution in [-0.4, -0.2) is 16.1 Å². The molecule has 2 aromatic rings. The van der Waals surface area contributed by atoms with Crippen LogP contribution >= 0.6 is 23.1 Å². The minimum atomic E-state index is -1.01. The van der Waals surface area contributed by atoms with Crippen molar-refractivity contribution in [2.24, 2.45) is 0 Å². The Bertz CT molecular complexity index is 566. The number of thiazole rings is 1. The molecular formula is C11H10N2O2S2. The lowest BCUT2D eigenvalue weighted by atomic mass is 10.2. The third-order valence-electron chi connectivity index (χ3n) is 2.06. The Morgan fingerprint density at radius 1 is 1.53 bits per heavy atom. The maximum Gasteiger partial charge on any atom is 0.337 e. The number of nitrogens with zero attached hydrogens (tertiary/aromatic N) is 1. The van der Waals surface area contributed by atoms with E-state index < -0.39 is 5.97 Å². The van der Waals surface area contributed by atoms with Gasteiger partial charge in [0.15, 0.2) is 4.34 Å². The molecule has 6 heteroatoms. The minimum Gasteiger partial charge on any atom is -0.478 e. The molecule has 88 valence electrons. The molecule has 0 radical (unpaired) electrons. The van der Waals surface area contributed by atoms with Crippen LogP contribution in [0.2, 0.25) is 0 Å². The third-order valence-corrected chi connectivity index (χ3v) is 4.10. The van der Waals surface area contributed by atoms with Gasteiger partial charge in [0.05, 0.1) is 5.56 Å². The molecule has 0 atom stereocenters. The van der Waals surface area contributed by atoms with E-state index in [1.54, 1.807) is 23.5 Å². The molecule has 1 aromatic heterocycles. The summed E-state index contributed by atoms with van der Waals surface area (Å²) in [7, 11) is 0. The van der Waals surface area contributed by atoms with Crippen LogP contribution in [0.3, 0.4) is 0 Å². The maximum absolute atomic E-state index is 10.8. The number of rotatable bonds is 3. The molecule has 0 amide bonds. The second-order valence-corrected chi connectivity index (χ2v) is 5.59. The lowest BCUT2D eigenvalue weighted by Gasteiger charge is -2.03. The maximum atomic E-state index is 10.8. The lowest BCUT2D eigenvalue weighted by molar-refractivity contribution is 0.0698. The second-order valence-electron chi connectivity index (χ2n) is 3.41. The smallest absolute Gasteiger partial charge is 0.337 e. The molecule has 0 unspecified atom stereocenters. The van der Waals surface area contributed by atoms with E-state index in [4.69, 9.17) is 10.8 Å². The topological polar surface area (TPSA) is 76.2 Å². The van der Waals surface area contributed by atoms with Crippen LogP contribution in [0.4, 0.5) is 5.69 Å². The van der Waals surface area contributed by atoms with Crippen LogP contribution in [0, 0.1) is 6.92 Å². The van der Waals surface area contributed by atoms with Crippen LogP contribution in [0.5, 0.6) is 0 Å². The zero-order chi connectivity index (χ0) is 12.4. The summed E-state index contributed by atoms with van der Waals surface area (Å²) in [5.41, 5.74) is 7.05. The summed E-state index contributed by atoms with van der Waals surface area (Å²) < 4.78 is 0.921. The molecule has 0 bridgehead atoms. The lowest BCUT2D eigenvalue weighted by Crippen LogP contribution is -2.01. The third kappa shape index (κ3) is 2.78. The van der Waals surface area contributed by atoms with E-state index in [1.807, 2.05) is 12.3 Å². The van der Waals surface area contributed by atoms with Gasteiger partial charge < -0.3 is 10.8 Å². The van der Waals surface area contributed by atoms with Crippen LogP contribution in [-0.2, 0) is 0 Å². The number of aromatic carboxylic acids is 1. The number of anilines is 1. The van der Waals surface area contributed by atoms with E-state index >= 15 is 0 Å². The number of nitrogens with two attached hydrogens (primary N) is 1.